The molecule has 0 bridgehead atoms. The number of furan rings is 2. The minimum absolute atomic E-state index is 0.0181. The van der Waals surface area contributed by atoms with E-state index >= 15 is 0 Å². The number of fused-ring (bicyclic) bond motifs is 2. The molecule has 26 nitrogen and oxygen atoms in total. The molecule has 0 fully saturated rings. The Kier molecular flexibility index (Phi) is 19.0. The molecule has 4 amide bonds. The van der Waals surface area contributed by atoms with Gasteiger partial charge in [0.1, 0.15) is 0 Å². The third kappa shape index (κ3) is 13.7. The maximum Gasteiger partial charge on any atom is 0.346 e. The minimum atomic E-state index is -1.63. The molecule has 5 aromatic carbocycles. The van der Waals surface area contributed by atoms with Crippen molar-refractivity contribution in [3.63, 3.8) is 0 Å². The van der Waals surface area contributed by atoms with Crippen molar-refractivity contribution in [1.29, 1.82) is 0 Å². The highest BCUT2D eigenvalue weighted by Crippen LogP contribution is 2.24. The van der Waals surface area contributed by atoms with E-state index in [-0.39, 0.29) is 39.5 Å². The van der Waals surface area contributed by atoms with Crippen LogP contribution in [-0.4, -0.2) is 94.6 Å². The predicted octanol–water partition coefficient (Wildman–Crippen LogP) is 1.73. The monoisotopic (exact) mass is 1020 g/mol. The van der Waals surface area contributed by atoms with Crippen molar-refractivity contribution < 1.29 is 67.6 Å². The average Bonchev–Trinajstić information content (AvgIpc) is 3.82. The zero-order valence-corrected chi connectivity index (χ0v) is 38.7. The molecule has 0 atom stereocenters. The fourth-order valence-corrected chi connectivity index (χ4v) is 6.32. The maximum atomic E-state index is 13.1. The van der Waals surface area contributed by atoms with Gasteiger partial charge in [-0.25, -0.2) is 38.4 Å². The van der Waals surface area contributed by atoms with E-state index in [0.717, 1.165) is 35.6 Å². The third-order valence-corrected chi connectivity index (χ3v) is 9.89. The Morgan fingerprint density at radius 3 is 1.00 bits per heavy atom. The number of hydrogen-bond acceptors (Lipinski definition) is 18. The molecule has 16 N–H and O–H groups in total. The van der Waals surface area contributed by atoms with E-state index in [1.807, 2.05) is 0 Å². The second-order valence-electron chi connectivity index (χ2n) is 15.0. The summed E-state index contributed by atoms with van der Waals surface area (Å²) in [5.41, 5.74) is 14.4. The molecule has 0 unspecified atom stereocenters. The molecule has 0 saturated carbocycles. The van der Waals surface area contributed by atoms with E-state index in [4.69, 9.17) is 22.9 Å². The van der Waals surface area contributed by atoms with Crippen LogP contribution in [0.5, 0.6) is 0 Å². The fourth-order valence-electron chi connectivity index (χ4n) is 6.32. The average molecular weight is 1020 g/mol. The molecular formula is C48H44N8O18. The van der Waals surface area contributed by atoms with Crippen molar-refractivity contribution in [3.05, 3.63) is 171 Å². The first-order chi connectivity index (χ1) is 35.0. The number of nitrogens with one attached hydrogen (secondary N) is 4. The maximum absolute atomic E-state index is 13.1. The highest BCUT2D eigenvalue weighted by Gasteiger charge is 2.27. The quantitative estimate of drug-likeness (QED) is 0.0732. The van der Waals surface area contributed by atoms with Gasteiger partial charge in [0.15, 0.2) is 0 Å². The molecule has 0 saturated heterocycles. The highest BCUT2D eigenvalue weighted by molar-refractivity contribution is 6.16. The molecule has 0 aliphatic carbocycles. The number of aromatic carboxylic acids is 4. The van der Waals surface area contributed by atoms with Gasteiger partial charge in [-0.15, -0.1) is 0 Å². The molecule has 26 heteroatoms. The number of anilines is 4. The summed E-state index contributed by atoms with van der Waals surface area (Å²) in [6, 6.07) is 17.6. The van der Waals surface area contributed by atoms with Crippen molar-refractivity contribution in [2.45, 2.75) is 13.3 Å². The van der Waals surface area contributed by atoms with E-state index in [1.54, 1.807) is 31.2 Å². The number of carboxylic acid groups (broad SMARTS) is 4. The third-order valence-electron chi connectivity index (χ3n) is 9.89. The number of carboxylic acids is 4. The van der Waals surface area contributed by atoms with Gasteiger partial charge in [-0.1, -0.05) is 6.92 Å². The van der Waals surface area contributed by atoms with Crippen LogP contribution < -0.4 is 66.7 Å². The van der Waals surface area contributed by atoms with Crippen LogP contribution in [0.4, 0.5) is 22.7 Å². The van der Waals surface area contributed by atoms with Crippen LogP contribution in [0.1, 0.15) is 96.2 Å². The normalized spacial score (nSPS) is 10.3. The summed E-state index contributed by atoms with van der Waals surface area (Å²) in [7, 11) is 1.22. The number of amides is 4. The van der Waals surface area contributed by atoms with Gasteiger partial charge in [0.05, 0.1) is 66.1 Å². The molecule has 7 rings (SSSR count). The molecular weight excluding hydrogens is 977 g/mol. The lowest BCUT2D eigenvalue weighted by Crippen LogP contribution is -2.27. The number of nitrogens with two attached hydrogens (primary N) is 4. The number of benzene rings is 5. The topological polar surface area (TPSA) is 464 Å². The Morgan fingerprint density at radius 2 is 0.730 bits per heavy atom. The van der Waals surface area contributed by atoms with Gasteiger partial charge in [0, 0.05) is 49.4 Å². The molecule has 74 heavy (non-hydrogen) atoms. The summed E-state index contributed by atoms with van der Waals surface area (Å²) in [6.07, 6.45) is 0.528. The number of carbonyl (C=O) groups is 8. The zero-order valence-electron chi connectivity index (χ0n) is 38.7. The van der Waals surface area contributed by atoms with Crippen molar-refractivity contribution in [2.75, 3.05) is 48.8 Å². The smallest absolute Gasteiger partial charge is 0.346 e. The van der Waals surface area contributed by atoms with Crippen LogP contribution in [0.25, 0.3) is 21.5 Å². The number of nitrogen functional groups attached to an aromatic ring is 2. The summed E-state index contributed by atoms with van der Waals surface area (Å²) in [4.78, 5) is 143. The van der Waals surface area contributed by atoms with Gasteiger partial charge in [0.25, 0.3) is 23.6 Å². The summed E-state index contributed by atoms with van der Waals surface area (Å²) >= 11 is 0. The Bertz CT molecular complexity index is 3370. The van der Waals surface area contributed by atoms with Crippen LogP contribution >= 0.6 is 0 Å². The lowest BCUT2D eigenvalue weighted by molar-refractivity contribution is 0.0672. The largest absolute Gasteiger partial charge is 0.478 e. The lowest BCUT2D eigenvalue weighted by atomic mass is 9.96. The van der Waals surface area contributed by atoms with Crippen molar-refractivity contribution in [3.8, 4) is 0 Å². The highest BCUT2D eigenvalue weighted by atomic mass is 16.4. The Hall–Kier alpha value is -10.3. The van der Waals surface area contributed by atoms with E-state index in [2.05, 4.69) is 30.1 Å². The zero-order chi connectivity index (χ0) is 55.1. The van der Waals surface area contributed by atoms with Gasteiger partial charge in [-0.2, -0.15) is 0 Å². The summed E-state index contributed by atoms with van der Waals surface area (Å²) in [5, 5.41) is 47.6. The van der Waals surface area contributed by atoms with Crippen molar-refractivity contribution in [2.24, 2.45) is 11.5 Å². The van der Waals surface area contributed by atoms with E-state index < -0.39 is 115 Å². The van der Waals surface area contributed by atoms with Gasteiger partial charge < -0.3 is 73.5 Å². The van der Waals surface area contributed by atoms with Crippen molar-refractivity contribution in [1.82, 2.24) is 10.6 Å². The van der Waals surface area contributed by atoms with Crippen LogP contribution in [0.15, 0.2) is 113 Å². The van der Waals surface area contributed by atoms with Crippen LogP contribution in [0.2, 0.25) is 0 Å². The molecule has 2 aromatic heterocycles. The summed E-state index contributed by atoms with van der Waals surface area (Å²) < 4.78 is 8.68. The van der Waals surface area contributed by atoms with E-state index in [1.165, 1.54) is 31.3 Å². The van der Waals surface area contributed by atoms with Gasteiger partial charge in [0.2, 0.25) is 0 Å². The molecule has 2 heterocycles. The Balaban J connectivity index is 0.000000337. The fraction of sp³-hybridized carbons (Fsp3) is 0.125. The van der Waals surface area contributed by atoms with Crippen LogP contribution in [0.3, 0.4) is 0 Å². The molecule has 0 aliphatic rings. The Labute approximate surface area is 413 Å². The molecule has 0 aliphatic heterocycles. The molecule has 384 valence electrons. The number of hydrogen-bond donors (Lipinski definition) is 12. The summed E-state index contributed by atoms with van der Waals surface area (Å²) in [6.45, 7) is 3.15. The first-order valence-electron chi connectivity index (χ1n) is 21.2. The predicted molar refractivity (Wildman–Crippen MR) is 266 cm³/mol. The van der Waals surface area contributed by atoms with Gasteiger partial charge >= 0.3 is 46.4 Å². The summed E-state index contributed by atoms with van der Waals surface area (Å²) in [5.74, 6) is -10.1. The molecule has 0 spiro atoms. The van der Waals surface area contributed by atoms with E-state index in [9.17, 15) is 78.0 Å². The first-order valence-corrected chi connectivity index (χ1v) is 21.2. The van der Waals surface area contributed by atoms with Gasteiger partial charge in [-0.05, 0) is 91.3 Å². The molecule has 7 aromatic rings. The van der Waals surface area contributed by atoms with Crippen molar-refractivity contribution >= 4 is 91.8 Å². The van der Waals surface area contributed by atoms with Crippen LogP contribution in [0, 0.1) is 0 Å². The minimum Gasteiger partial charge on any atom is -0.478 e. The Morgan fingerprint density at radius 1 is 0.446 bits per heavy atom. The molecule has 0 radical (unpaired) electrons. The lowest BCUT2D eigenvalue weighted by Gasteiger charge is -2.14. The second-order valence-corrected chi connectivity index (χ2v) is 15.0. The number of rotatable bonds is 13. The van der Waals surface area contributed by atoms with Crippen LogP contribution in [-0.2, 0) is 0 Å². The van der Waals surface area contributed by atoms with Gasteiger partial charge in [-0.3, -0.25) is 19.2 Å². The number of carbonyl (C=O) groups excluding carboxylic acids is 4. The first kappa shape index (κ1) is 56.2. The second kappa shape index (κ2) is 25.0. The SMILES string of the molecule is CCCNC(=O)c1cc(C(=O)Nc2ccc(NC(=O)c3cc(C(=O)NC)c(C(=O)O)cc3C(=O)O)cc2)c(C(=O)O)cc1C(=O)O.NCCN.Nc1ccc(N)cc1.O=c1oc(=O)c2cc3c(=O)oc(=O)c3cc12. The van der Waals surface area contributed by atoms with E-state index in [0.29, 0.717) is 31.6 Å². The standard InChI is InChI=1S/C30H26N4O12.C10H2O6.C6H8N2.C2H8N2/c1-3-8-32-24(36)16-10-18(22(30(45)46)12-20(16)28(41)42)26(38)34-14-6-4-13(5-7-14)33-25(37)17-9-15(23(35)31-2)19(27(39)40)11-21(17)29(43)44;11-7-3-1-4-6(10(14)16-8(4)12)2-5(3)9(13)15-7;7-5-1-2-6(8)4-3-5;3-1-2-4/h4-7,9-12H,3,8H2,1-2H3,(H,31,35)(H,32,36)(H,33,37)(H,34,38)(H,39,40)(H,41,42)(H,43,44)(H,45,46);1-2H;1-4H,7-8H2;1-4H2.